The molecule has 1 fully saturated rings. The molecule has 140 valence electrons. The molecule has 1 atom stereocenters. The van der Waals surface area contributed by atoms with E-state index in [0.29, 0.717) is 6.42 Å². The van der Waals surface area contributed by atoms with E-state index < -0.39 is 0 Å². The van der Waals surface area contributed by atoms with E-state index in [0.717, 1.165) is 47.5 Å². The van der Waals surface area contributed by atoms with Crippen molar-refractivity contribution >= 4 is 16.9 Å². The van der Waals surface area contributed by atoms with Crippen molar-refractivity contribution in [2.45, 2.75) is 25.3 Å². The number of nitrogens with one attached hydrogen (secondary N) is 1. The summed E-state index contributed by atoms with van der Waals surface area (Å²) < 4.78 is 2.06. The zero-order valence-corrected chi connectivity index (χ0v) is 15.6. The highest BCUT2D eigenvalue weighted by Crippen LogP contribution is 2.32. The van der Waals surface area contributed by atoms with Crippen molar-refractivity contribution < 1.29 is 4.79 Å². The van der Waals surface area contributed by atoms with Gasteiger partial charge < -0.3 is 14.5 Å². The Labute approximate surface area is 163 Å². The van der Waals surface area contributed by atoms with E-state index in [4.69, 9.17) is 4.98 Å². The second-order valence-electron chi connectivity index (χ2n) is 7.32. The number of H-pyrrole nitrogens is 1. The lowest BCUT2D eigenvalue weighted by molar-refractivity contribution is -0.131. The lowest BCUT2D eigenvalue weighted by atomic mass is 10.1. The summed E-state index contributed by atoms with van der Waals surface area (Å²) in [5.41, 5.74) is 4.12. The lowest BCUT2D eigenvalue weighted by Gasteiger charge is -2.23. The van der Waals surface area contributed by atoms with Gasteiger partial charge in [-0.15, -0.1) is 0 Å². The van der Waals surface area contributed by atoms with E-state index in [-0.39, 0.29) is 11.9 Å². The van der Waals surface area contributed by atoms with Crippen molar-refractivity contribution in [1.82, 2.24) is 19.4 Å². The van der Waals surface area contributed by atoms with Crippen molar-refractivity contribution in [3.8, 4) is 5.69 Å². The Morgan fingerprint density at radius 1 is 1.04 bits per heavy atom. The van der Waals surface area contributed by atoms with Crippen molar-refractivity contribution in [2.24, 2.45) is 0 Å². The van der Waals surface area contributed by atoms with Crippen LogP contribution in [0.4, 0.5) is 0 Å². The predicted molar refractivity (Wildman–Crippen MR) is 109 cm³/mol. The Kier molecular flexibility index (Phi) is 4.20. The highest BCUT2D eigenvalue weighted by atomic mass is 16.2. The fraction of sp³-hybridized carbons (Fsp3) is 0.217. The number of hydrogen-bond acceptors (Lipinski definition) is 2. The smallest absolute Gasteiger partial charge is 0.227 e. The van der Waals surface area contributed by atoms with Crippen molar-refractivity contribution in [3.63, 3.8) is 0 Å². The van der Waals surface area contributed by atoms with Crippen LogP contribution < -0.4 is 0 Å². The minimum atomic E-state index is 0.0408. The minimum absolute atomic E-state index is 0.0408. The monoisotopic (exact) mass is 370 g/mol. The van der Waals surface area contributed by atoms with Crippen LogP contribution in [0.3, 0.4) is 0 Å². The van der Waals surface area contributed by atoms with Crippen LogP contribution in [0.5, 0.6) is 0 Å². The third kappa shape index (κ3) is 3.09. The lowest BCUT2D eigenvalue weighted by Crippen LogP contribution is -2.32. The number of likely N-dealkylation sites (tertiary alicyclic amines) is 1. The topological polar surface area (TPSA) is 53.9 Å². The van der Waals surface area contributed by atoms with Crippen LogP contribution in [0.15, 0.2) is 73.1 Å². The number of rotatable bonds is 4. The third-order valence-corrected chi connectivity index (χ3v) is 5.49. The number of hydrogen-bond donors (Lipinski definition) is 1. The molecule has 2 aromatic heterocycles. The quantitative estimate of drug-likeness (QED) is 0.584. The molecule has 2 aromatic carbocycles. The largest absolute Gasteiger partial charge is 0.340 e. The first kappa shape index (κ1) is 16.8. The SMILES string of the molecule is O=C(Cc1ccc(-n2cccc2)cc1)N1CCCC1c1nc2ccccc2[nH]1. The molecule has 0 saturated carbocycles. The van der Waals surface area contributed by atoms with Crippen LogP contribution in [-0.4, -0.2) is 31.9 Å². The van der Waals surface area contributed by atoms with Gasteiger partial charge in [-0.25, -0.2) is 4.98 Å². The van der Waals surface area contributed by atoms with Crippen LogP contribution in [0.25, 0.3) is 16.7 Å². The normalized spacial score (nSPS) is 16.7. The Hall–Kier alpha value is -3.34. The van der Waals surface area contributed by atoms with E-state index in [1.165, 1.54) is 0 Å². The first-order chi connectivity index (χ1) is 13.8. The molecule has 0 aliphatic carbocycles. The standard InChI is InChI=1S/C23H22N4O/c28-22(16-17-9-11-18(12-10-17)26-13-3-4-14-26)27-15-5-8-21(27)23-24-19-6-1-2-7-20(19)25-23/h1-4,6-7,9-14,21H,5,8,15-16H2,(H,24,25). The molecule has 1 amide bonds. The van der Waals surface area contributed by atoms with Gasteiger partial charge in [-0.3, -0.25) is 4.79 Å². The van der Waals surface area contributed by atoms with Gasteiger partial charge >= 0.3 is 0 Å². The van der Waals surface area contributed by atoms with E-state index in [1.807, 2.05) is 65.8 Å². The van der Waals surface area contributed by atoms with Gasteiger partial charge in [-0.2, -0.15) is 0 Å². The molecule has 3 heterocycles. The van der Waals surface area contributed by atoms with E-state index in [2.05, 4.69) is 21.7 Å². The summed E-state index contributed by atoms with van der Waals surface area (Å²) in [6, 6.07) is 20.3. The molecular weight excluding hydrogens is 348 g/mol. The molecule has 1 unspecified atom stereocenters. The number of amides is 1. The molecule has 5 nitrogen and oxygen atoms in total. The van der Waals surface area contributed by atoms with Gasteiger partial charge in [-0.05, 0) is 54.8 Å². The molecule has 0 spiro atoms. The number of carbonyl (C=O) groups excluding carboxylic acids is 1. The summed E-state index contributed by atoms with van der Waals surface area (Å²) in [7, 11) is 0. The maximum atomic E-state index is 13.0. The maximum absolute atomic E-state index is 13.0. The summed E-state index contributed by atoms with van der Waals surface area (Å²) in [6.07, 6.45) is 6.42. The van der Waals surface area contributed by atoms with Crippen molar-refractivity contribution in [3.05, 3.63) is 84.4 Å². The Morgan fingerprint density at radius 2 is 1.82 bits per heavy atom. The van der Waals surface area contributed by atoms with Gasteiger partial charge in [0.2, 0.25) is 5.91 Å². The molecule has 1 saturated heterocycles. The van der Waals surface area contributed by atoms with Crippen LogP contribution in [0.2, 0.25) is 0 Å². The van der Waals surface area contributed by atoms with Crippen LogP contribution in [0.1, 0.15) is 30.3 Å². The first-order valence-electron chi connectivity index (χ1n) is 9.74. The molecular formula is C23H22N4O. The second kappa shape index (κ2) is 7.00. The molecule has 0 bridgehead atoms. The van der Waals surface area contributed by atoms with Gasteiger partial charge in [0.25, 0.3) is 0 Å². The predicted octanol–water partition coefficient (Wildman–Crippen LogP) is 4.26. The summed E-state index contributed by atoms with van der Waals surface area (Å²) in [4.78, 5) is 23.1. The van der Waals surface area contributed by atoms with Gasteiger partial charge in [0.1, 0.15) is 5.82 Å². The maximum Gasteiger partial charge on any atom is 0.227 e. The van der Waals surface area contributed by atoms with Crippen molar-refractivity contribution in [2.75, 3.05) is 6.54 Å². The molecule has 1 N–H and O–H groups in total. The van der Waals surface area contributed by atoms with E-state index >= 15 is 0 Å². The molecule has 1 aliphatic rings. The van der Waals surface area contributed by atoms with Crippen LogP contribution in [-0.2, 0) is 11.2 Å². The Bertz CT molecular complexity index is 1060. The number of imidazole rings is 1. The number of aromatic nitrogens is 3. The number of nitrogens with zero attached hydrogens (tertiary/aromatic N) is 3. The van der Waals surface area contributed by atoms with Gasteiger partial charge in [-0.1, -0.05) is 24.3 Å². The van der Waals surface area contributed by atoms with E-state index in [1.54, 1.807) is 0 Å². The van der Waals surface area contributed by atoms with Gasteiger partial charge in [0, 0.05) is 24.6 Å². The first-order valence-corrected chi connectivity index (χ1v) is 9.74. The third-order valence-electron chi connectivity index (χ3n) is 5.49. The Balaban J connectivity index is 1.32. The second-order valence-corrected chi connectivity index (χ2v) is 7.32. The minimum Gasteiger partial charge on any atom is -0.340 e. The number of para-hydroxylation sites is 2. The molecule has 5 rings (SSSR count). The van der Waals surface area contributed by atoms with E-state index in [9.17, 15) is 4.79 Å². The highest BCUT2D eigenvalue weighted by molar-refractivity contribution is 5.80. The fourth-order valence-corrected chi connectivity index (χ4v) is 4.05. The van der Waals surface area contributed by atoms with Crippen molar-refractivity contribution in [1.29, 1.82) is 0 Å². The fourth-order valence-electron chi connectivity index (χ4n) is 4.05. The van der Waals surface area contributed by atoms with Crippen LogP contribution >= 0.6 is 0 Å². The van der Waals surface area contributed by atoms with Gasteiger partial charge in [0.05, 0.1) is 23.5 Å². The van der Waals surface area contributed by atoms with Crippen LogP contribution in [0, 0.1) is 0 Å². The summed E-state index contributed by atoms with van der Waals surface area (Å²) in [5.74, 6) is 1.06. The Morgan fingerprint density at radius 3 is 2.61 bits per heavy atom. The summed E-state index contributed by atoms with van der Waals surface area (Å²) in [5, 5.41) is 0. The van der Waals surface area contributed by atoms with Gasteiger partial charge in [0.15, 0.2) is 0 Å². The zero-order chi connectivity index (χ0) is 18.9. The highest BCUT2D eigenvalue weighted by Gasteiger charge is 2.31. The molecule has 0 radical (unpaired) electrons. The average molecular weight is 370 g/mol. The molecule has 4 aromatic rings. The summed E-state index contributed by atoms with van der Waals surface area (Å²) in [6.45, 7) is 0.794. The number of benzene rings is 2. The average Bonchev–Trinajstić information content (AvgIpc) is 3.48. The number of carbonyl (C=O) groups is 1. The molecule has 5 heteroatoms. The number of aromatic amines is 1. The number of fused-ring (bicyclic) bond motifs is 1. The molecule has 28 heavy (non-hydrogen) atoms. The molecule has 1 aliphatic heterocycles. The zero-order valence-electron chi connectivity index (χ0n) is 15.6. The summed E-state index contributed by atoms with van der Waals surface area (Å²) >= 11 is 0.